The molecule has 0 unspecified atom stereocenters. The largest absolute Gasteiger partial charge is 0.389 e. The lowest BCUT2D eigenvalue weighted by atomic mass is 9.92. The summed E-state index contributed by atoms with van der Waals surface area (Å²) < 4.78 is 0. The molecule has 1 aliphatic carbocycles. The Morgan fingerprint density at radius 3 is 2.48 bits per heavy atom. The van der Waals surface area contributed by atoms with Gasteiger partial charge in [0.1, 0.15) is 0 Å². The lowest BCUT2D eigenvalue weighted by Gasteiger charge is -2.40. The first-order valence-corrected chi connectivity index (χ1v) is 8.88. The van der Waals surface area contributed by atoms with Crippen LogP contribution in [0.2, 0.25) is 0 Å². The van der Waals surface area contributed by atoms with Crippen LogP contribution in [0, 0.1) is 5.92 Å². The van der Waals surface area contributed by atoms with Gasteiger partial charge in [0.2, 0.25) is 0 Å². The molecule has 0 amide bonds. The molecular weight excluding hydrogens is 288 g/mol. The molecular formula is C18H30N4O. The number of anilines is 1. The highest BCUT2D eigenvalue weighted by Gasteiger charge is 2.32. The van der Waals surface area contributed by atoms with Crippen LogP contribution in [0.25, 0.3) is 0 Å². The lowest BCUT2D eigenvalue weighted by Crippen LogP contribution is -2.52. The van der Waals surface area contributed by atoms with Gasteiger partial charge in [0, 0.05) is 37.5 Å². The first-order chi connectivity index (χ1) is 10.9. The summed E-state index contributed by atoms with van der Waals surface area (Å²) in [6.07, 6.45) is 4.23. The minimum atomic E-state index is -0.447. The Balaban J connectivity index is 1.40. The summed E-state index contributed by atoms with van der Waals surface area (Å²) in [5.74, 6) is 1.62. The second-order valence-corrected chi connectivity index (χ2v) is 8.36. The zero-order chi connectivity index (χ0) is 16.5. The van der Waals surface area contributed by atoms with E-state index in [0.717, 1.165) is 50.5 Å². The zero-order valence-electron chi connectivity index (χ0n) is 14.7. The van der Waals surface area contributed by atoms with E-state index in [0.29, 0.717) is 5.92 Å². The third kappa shape index (κ3) is 4.01. The molecule has 128 valence electrons. The minimum absolute atomic E-state index is 0.0490. The van der Waals surface area contributed by atoms with E-state index in [1.807, 2.05) is 0 Å². The highest BCUT2D eigenvalue weighted by molar-refractivity contribution is 5.41. The molecule has 0 aromatic carbocycles. The molecule has 5 nitrogen and oxygen atoms in total. The molecule has 0 atom stereocenters. The second-order valence-electron chi connectivity index (χ2n) is 8.36. The van der Waals surface area contributed by atoms with Crippen molar-refractivity contribution in [3.05, 3.63) is 17.8 Å². The highest BCUT2D eigenvalue weighted by atomic mass is 16.3. The summed E-state index contributed by atoms with van der Waals surface area (Å²) >= 11 is 0. The summed E-state index contributed by atoms with van der Waals surface area (Å²) in [6, 6.07) is 4.17. The molecule has 1 aromatic rings. The third-order valence-corrected chi connectivity index (χ3v) is 5.12. The standard InChI is InChI=1S/C18H30N4O/c1-17(2,3)15-6-7-16(21-20-15)22-11-14(12-22)10-19-13-18(23)8-4-5-9-18/h6-7,14,19,23H,4-5,8-13H2,1-3H3. The van der Waals surface area contributed by atoms with Crippen molar-refractivity contribution in [2.24, 2.45) is 5.92 Å². The molecule has 2 N–H and O–H groups in total. The summed E-state index contributed by atoms with van der Waals surface area (Å²) in [6.45, 7) is 10.2. The Bertz CT molecular complexity index is 511. The molecule has 23 heavy (non-hydrogen) atoms. The molecule has 2 aliphatic rings. The van der Waals surface area contributed by atoms with Crippen LogP contribution in [0.3, 0.4) is 0 Å². The van der Waals surface area contributed by atoms with Gasteiger partial charge < -0.3 is 15.3 Å². The van der Waals surface area contributed by atoms with Gasteiger partial charge in [-0.3, -0.25) is 0 Å². The van der Waals surface area contributed by atoms with Crippen LogP contribution in [-0.2, 0) is 5.41 Å². The van der Waals surface area contributed by atoms with Crippen molar-refractivity contribution in [1.29, 1.82) is 0 Å². The lowest BCUT2D eigenvalue weighted by molar-refractivity contribution is 0.0466. The van der Waals surface area contributed by atoms with Crippen molar-refractivity contribution in [1.82, 2.24) is 15.5 Å². The van der Waals surface area contributed by atoms with Gasteiger partial charge in [-0.15, -0.1) is 5.10 Å². The Morgan fingerprint density at radius 1 is 1.22 bits per heavy atom. The van der Waals surface area contributed by atoms with E-state index in [1.165, 1.54) is 12.8 Å². The number of rotatable bonds is 5. The maximum absolute atomic E-state index is 10.3. The van der Waals surface area contributed by atoms with Crippen LogP contribution < -0.4 is 10.2 Å². The summed E-state index contributed by atoms with van der Waals surface area (Å²) in [7, 11) is 0. The van der Waals surface area contributed by atoms with Crippen LogP contribution in [0.4, 0.5) is 5.82 Å². The van der Waals surface area contributed by atoms with Crippen LogP contribution in [0.15, 0.2) is 12.1 Å². The number of nitrogens with one attached hydrogen (secondary N) is 1. The fourth-order valence-electron chi connectivity index (χ4n) is 3.50. The Morgan fingerprint density at radius 2 is 1.91 bits per heavy atom. The van der Waals surface area contributed by atoms with Crippen molar-refractivity contribution in [2.45, 2.75) is 57.5 Å². The smallest absolute Gasteiger partial charge is 0.151 e. The average molecular weight is 318 g/mol. The van der Waals surface area contributed by atoms with Crippen LogP contribution in [-0.4, -0.2) is 47.1 Å². The van der Waals surface area contributed by atoms with Gasteiger partial charge in [-0.05, 0) is 25.0 Å². The predicted molar refractivity (Wildman–Crippen MR) is 92.7 cm³/mol. The van der Waals surface area contributed by atoms with Crippen LogP contribution in [0.1, 0.15) is 52.1 Å². The molecule has 0 spiro atoms. The van der Waals surface area contributed by atoms with Crippen LogP contribution in [0.5, 0.6) is 0 Å². The van der Waals surface area contributed by atoms with Gasteiger partial charge in [0.15, 0.2) is 5.82 Å². The molecule has 1 saturated carbocycles. The van der Waals surface area contributed by atoms with E-state index in [1.54, 1.807) is 0 Å². The van der Waals surface area contributed by atoms with Crippen molar-refractivity contribution < 1.29 is 5.11 Å². The van der Waals surface area contributed by atoms with E-state index in [9.17, 15) is 5.11 Å². The van der Waals surface area contributed by atoms with Crippen molar-refractivity contribution in [3.63, 3.8) is 0 Å². The first-order valence-electron chi connectivity index (χ1n) is 8.88. The van der Waals surface area contributed by atoms with Crippen LogP contribution >= 0.6 is 0 Å². The third-order valence-electron chi connectivity index (χ3n) is 5.12. The minimum Gasteiger partial charge on any atom is -0.389 e. The number of aliphatic hydroxyl groups is 1. The zero-order valence-corrected chi connectivity index (χ0v) is 14.7. The quantitative estimate of drug-likeness (QED) is 0.870. The second kappa shape index (κ2) is 6.36. The molecule has 5 heteroatoms. The SMILES string of the molecule is CC(C)(C)c1ccc(N2CC(CNCC3(O)CCCC3)C2)nn1. The Hall–Kier alpha value is -1.20. The fraction of sp³-hybridized carbons (Fsp3) is 0.778. The molecule has 1 aliphatic heterocycles. The van der Waals surface area contributed by atoms with Gasteiger partial charge in [0.05, 0.1) is 11.3 Å². The molecule has 2 fully saturated rings. The Labute approximate surface area is 139 Å². The van der Waals surface area contributed by atoms with E-state index in [2.05, 4.69) is 53.3 Å². The van der Waals surface area contributed by atoms with Gasteiger partial charge in [-0.1, -0.05) is 33.6 Å². The van der Waals surface area contributed by atoms with E-state index in [-0.39, 0.29) is 5.41 Å². The summed E-state index contributed by atoms with van der Waals surface area (Å²) in [4.78, 5) is 2.27. The molecule has 0 radical (unpaired) electrons. The molecule has 1 aromatic heterocycles. The van der Waals surface area contributed by atoms with Crippen molar-refractivity contribution >= 4 is 5.82 Å². The monoisotopic (exact) mass is 318 g/mol. The van der Waals surface area contributed by atoms with Gasteiger partial charge in [-0.25, -0.2) is 0 Å². The average Bonchev–Trinajstić information content (AvgIpc) is 2.88. The van der Waals surface area contributed by atoms with E-state index < -0.39 is 5.60 Å². The normalized spacial score (nSPS) is 21.5. The Kier molecular flexibility index (Phi) is 4.61. The maximum atomic E-state index is 10.3. The maximum Gasteiger partial charge on any atom is 0.151 e. The predicted octanol–water partition coefficient (Wildman–Crippen LogP) is 2.10. The van der Waals surface area contributed by atoms with Gasteiger partial charge in [0.25, 0.3) is 0 Å². The first kappa shape index (κ1) is 16.7. The summed E-state index contributed by atoms with van der Waals surface area (Å²) in [5.41, 5.74) is 0.635. The number of hydrogen-bond donors (Lipinski definition) is 2. The molecule has 3 rings (SSSR count). The van der Waals surface area contributed by atoms with E-state index >= 15 is 0 Å². The van der Waals surface area contributed by atoms with Crippen molar-refractivity contribution in [3.8, 4) is 0 Å². The molecule has 0 bridgehead atoms. The fourth-order valence-corrected chi connectivity index (χ4v) is 3.50. The number of nitrogens with zero attached hydrogens (tertiary/aromatic N) is 3. The number of hydrogen-bond acceptors (Lipinski definition) is 5. The van der Waals surface area contributed by atoms with E-state index in [4.69, 9.17) is 0 Å². The number of aromatic nitrogens is 2. The highest BCUT2D eigenvalue weighted by Crippen LogP contribution is 2.29. The molecule has 1 saturated heterocycles. The van der Waals surface area contributed by atoms with Crippen molar-refractivity contribution in [2.75, 3.05) is 31.1 Å². The topological polar surface area (TPSA) is 61.3 Å². The molecule has 2 heterocycles. The summed E-state index contributed by atoms with van der Waals surface area (Å²) in [5, 5.41) is 22.5. The van der Waals surface area contributed by atoms with Gasteiger partial charge in [-0.2, -0.15) is 5.10 Å². The van der Waals surface area contributed by atoms with Gasteiger partial charge >= 0.3 is 0 Å².